The molecule has 0 saturated carbocycles. The van der Waals surface area contributed by atoms with Gasteiger partial charge < -0.3 is 10.1 Å². The summed E-state index contributed by atoms with van der Waals surface area (Å²) >= 11 is 0. The first-order valence-electron chi connectivity index (χ1n) is 6.13. The van der Waals surface area contributed by atoms with Gasteiger partial charge in [-0.05, 0) is 48.2 Å². The molecule has 0 aliphatic rings. The Morgan fingerprint density at radius 2 is 1.83 bits per heavy atom. The smallest absolute Gasteiger partial charge is 0.121 e. The molecular weight excluding hydrogens is 222 g/mol. The third kappa shape index (κ3) is 2.83. The molecule has 0 heterocycles. The Hall–Kier alpha value is -1.96. The fourth-order valence-electron chi connectivity index (χ4n) is 2.12. The minimum absolute atomic E-state index is 0.945. The maximum absolute atomic E-state index is 5.28. The molecule has 0 saturated heterocycles. The van der Waals surface area contributed by atoms with Crippen LogP contribution >= 0.6 is 0 Å². The van der Waals surface area contributed by atoms with Gasteiger partial charge in [-0.2, -0.15) is 0 Å². The molecule has 94 valence electrons. The van der Waals surface area contributed by atoms with E-state index in [2.05, 4.69) is 48.6 Å². The van der Waals surface area contributed by atoms with Crippen LogP contribution in [0.1, 0.15) is 16.7 Å². The van der Waals surface area contributed by atoms with Gasteiger partial charge >= 0.3 is 0 Å². The summed E-state index contributed by atoms with van der Waals surface area (Å²) in [6.45, 7) is 2.08. The number of nitrogens with one attached hydrogen (secondary N) is 1. The van der Waals surface area contributed by atoms with E-state index in [1.165, 1.54) is 16.7 Å². The fraction of sp³-hybridized carbons (Fsp3) is 0.250. The third-order valence-electron chi connectivity index (χ3n) is 3.08. The molecule has 0 aromatic heterocycles. The first kappa shape index (κ1) is 12.5. The normalized spacial score (nSPS) is 10.2. The van der Waals surface area contributed by atoms with Gasteiger partial charge in [-0.25, -0.2) is 0 Å². The lowest BCUT2D eigenvalue weighted by Gasteiger charge is -2.08. The number of ether oxygens (including phenoxy) is 1. The van der Waals surface area contributed by atoms with E-state index in [-0.39, 0.29) is 0 Å². The summed E-state index contributed by atoms with van der Waals surface area (Å²) < 4.78 is 5.28. The molecule has 2 rings (SSSR count). The van der Waals surface area contributed by atoms with E-state index in [1.807, 2.05) is 13.1 Å². The quantitative estimate of drug-likeness (QED) is 0.882. The zero-order valence-electron chi connectivity index (χ0n) is 11.2. The number of methoxy groups -OCH3 is 1. The van der Waals surface area contributed by atoms with Gasteiger partial charge in [0.05, 0.1) is 7.11 Å². The maximum Gasteiger partial charge on any atom is 0.121 e. The molecule has 1 N–H and O–H groups in total. The highest BCUT2D eigenvalue weighted by molar-refractivity contribution is 5.46. The summed E-state index contributed by atoms with van der Waals surface area (Å²) in [5.74, 6) is 0.947. The Kier molecular flexibility index (Phi) is 3.88. The summed E-state index contributed by atoms with van der Waals surface area (Å²) in [5.41, 5.74) is 4.95. The topological polar surface area (TPSA) is 21.3 Å². The van der Waals surface area contributed by atoms with Gasteiger partial charge in [-0.1, -0.05) is 24.3 Å². The number of hydrogen-bond donors (Lipinski definition) is 1. The molecule has 2 aromatic rings. The second-order valence-corrected chi connectivity index (χ2v) is 4.43. The van der Waals surface area contributed by atoms with Crippen molar-refractivity contribution in [2.75, 3.05) is 19.5 Å². The minimum Gasteiger partial charge on any atom is -0.496 e. The SMILES string of the molecule is CNc1cccc(Cc2ccc(OC)c(C)c2)c1. The van der Waals surface area contributed by atoms with Crippen LogP contribution < -0.4 is 10.1 Å². The van der Waals surface area contributed by atoms with Crippen molar-refractivity contribution in [3.8, 4) is 5.75 Å². The fourth-order valence-corrected chi connectivity index (χ4v) is 2.12. The highest BCUT2D eigenvalue weighted by Gasteiger charge is 2.01. The Morgan fingerprint density at radius 1 is 1.06 bits per heavy atom. The molecule has 0 aliphatic heterocycles. The highest BCUT2D eigenvalue weighted by Crippen LogP contribution is 2.21. The van der Waals surface area contributed by atoms with Crippen LogP contribution in [0.2, 0.25) is 0 Å². The molecule has 0 bridgehead atoms. The average molecular weight is 241 g/mol. The average Bonchev–Trinajstić information content (AvgIpc) is 2.39. The predicted molar refractivity (Wildman–Crippen MR) is 76.5 cm³/mol. The van der Waals surface area contributed by atoms with E-state index >= 15 is 0 Å². The standard InChI is InChI=1S/C16H19NO/c1-12-9-14(7-8-16(12)18-3)10-13-5-4-6-15(11-13)17-2/h4-9,11,17H,10H2,1-3H3. The van der Waals surface area contributed by atoms with Crippen LogP contribution in [-0.2, 0) is 6.42 Å². The maximum atomic E-state index is 5.28. The summed E-state index contributed by atoms with van der Waals surface area (Å²) in [6.07, 6.45) is 0.945. The van der Waals surface area contributed by atoms with Gasteiger partial charge in [-0.3, -0.25) is 0 Å². The lowest BCUT2D eigenvalue weighted by Crippen LogP contribution is -1.94. The number of rotatable bonds is 4. The minimum atomic E-state index is 0.945. The van der Waals surface area contributed by atoms with E-state index in [1.54, 1.807) is 7.11 Å². The molecule has 0 fully saturated rings. The van der Waals surface area contributed by atoms with Crippen LogP contribution in [0.4, 0.5) is 5.69 Å². The molecule has 0 unspecified atom stereocenters. The highest BCUT2D eigenvalue weighted by atomic mass is 16.5. The van der Waals surface area contributed by atoms with Gasteiger partial charge in [0.1, 0.15) is 5.75 Å². The van der Waals surface area contributed by atoms with E-state index in [9.17, 15) is 0 Å². The van der Waals surface area contributed by atoms with E-state index in [0.29, 0.717) is 0 Å². The molecular formula is C16H19NO. The molecule has 2 nitrogen and oxygen atoms in total. The Morgan fingerprint density at radius 3 is 2.50 bits per heavy atom. The summed E-state index contributed by atoms with van der Waals surface area (Å²) in [6, 6.07) is 14.8. The van der Waals surface area contributed by atoms with E-state index in [4.69, 9.17) is 4.74 Å². The van der Waals surface area contributed by atoms with Gasteiger partial charge in [-0.15, -0.1) is 0 Å². The van der Waals surface area contributed by atoms with Crippen LogP contribution in [0.5, 0.6) is 5.75 Å². The van der Waals surface area contributed by atoms with Crippen molar-refractivity contribution in [3.63, 3.8) is 0 Å². The van der Waals surface area contributed by atoms with E-state index < -0.39 is 0 Å². The number of anilines is 1. The van der Waals surface area contributed by atoms with Crippen molar-refractivity contribution in [2.45, 2.75) is 13.3 Å². The second kappa shape index (κ2) is 5.58. The van der Waals surface area contributed by atoms with Crippen molar-refractivity contribution in [2.24, 2.45) is 0 Å². The van der Waals surface area contributed by atoms with Crippen LogP contribution in [0.3, 0.4) is 0 Å². The van der Waals surface area contributed by atoms with Gasteiger partial charge in [0.25, 0.3) is 0 Å². The van der Waals surface area contributed by atoms with Gasteiger partial charge in [0.15, 0.2) is 0 Å². The molecule has 0 aliphatic carbocycles. The molecule has 0 radical (unpaired) electrons. The molecule has 2 heteroatoms. The van der Waals surface area contributed by atoms with Crippen molar-refractivity contribution in [1.29, 1.82) is 0 Å². The van der Waals surface area contributed by atoms with Crippen molar-refractivity contribution >= 4 is 5.69 Å². The lowest BCUT2D eigenvalue weighted by molar-refractivity contribution is 0.411. The molecule has 0 amide bonds. The van der Waals surface area contributed by atoms with Crippen LogP contribution in [0, 0.1) is 6.92 Å². The Labute approximate surface area is 109 Å². The summed E-state index contributed by atoms with van der Waals surface area (Å²) in [4.78, 5) is 0. The number of benzene rings is 2. The van der Waals surface area contributed by atoms with Crippen molar-refractivity contribution in [1.82, 2.24) is 0 Å². The van der Waals surface area contributed by atoms with Crippen LogP contribution in [-0.4, -0.2) is 14.2 Å². The summed E-state index contributed by atoms with van der Waals surface area (Å²) in [7, 11) is 3.65. The molecule has 18 heavy (non-hydrogen) atoms. The van der Waals surface area contributed by atoms with Crippen molar-refractivity contribution < 1.29 is 4.74 Å². The monoisotopic (exact) mass is 241 g/mol. The first-order valence-corrected chi connectivity index (χ1v) is 6.13. The predicted octanol–water partition coefficient (Wildman–Crippen LogP) is 3.64. The first-order chi connectivity index (χ1) is 8.72. The Balaban J connectivity index is 2.20. The number of aryl methyl sites for hydroxylation is 1. The van der Waals surface area contributed by atoms with E-state index in [0.717, 1.165) is 17.9 Å². The molecule has 0 atom stereocenters. The van der Waals surface area contributed by atoms with Crippen molar-refractivity contribution in [3.05, 3.63) is 59.2 Å². The van der Waals surface area contributed by atoms with Gasteiger partial charge in [0.2, 0.25) is 0 Å². The Bertz CT molecular complexity index is 534. The molecule has 2 aromatic carbocycles. The third-order valence-corrected chi connectivity index (χ3v) is 3.08. The zero-order valence-corrected chi connectivity index (χ0v) is 11.2. The molecule has 0 spiro atoms. The lowest BCUT2D eigenvalue weighted by atomic mass is 10.0. The van der Waals surface area contributed by atoms with Crippen LogP contribution in [0.15, 0.2) is 42.5 Å². The van der Waals surface area contributed by atoms with Crippen LogP contribution in [0.25, 0.3) is 0 Å². The zero-order chi connectivity index (χ0) is 13.0. The largest absolute Gasteiger partial charge is 0.496 e. The number of hydrogen-bond acceptors (Lipinski definition) is 2. The second-order valence-electron chi connectivity index (χ2n) is 4.43. The summed E-state index contributed by atoms with van der Waals surface area (Å²) in [5, 5.41) is 3.16. The van der Waals surface area contributed by atoms with Gasteiger partial charge in [0, 0.05) is 12.7 Å².